The Hall–Kier alpha value is -3.03. The van der Waals surface area contributed by atoms with Crippen molar-refractivity contribution in [3.63, 3.8) is 0 Å². The second kappa shape index (κ2) is 7.53. The molecule has 3 aliphatic heterocycles. The van der Waals surface area contributed by atoms with Crippen LogP contribution in [0.25, 0.3) is 0 Å². The van der Waals surface area contributed by atoms with Crippen molar-refractivity contribution in [3.8, 4) is 0 Å². The van der Waals surface area contributed by atoms with Gasteiger partial charge in [-0.15, -0.1) is 0 Å². The summed E-state index contributed by atoms with van der Waals surface area (Å²) in [7, 11) is 1.54. The quantitative estimate of drug-likeness (QED) is 0.704. The third kappa shape index (κ3) is 2.77. The van der Waals surface area contributed by atoms with E-state index < -0.39 is 17.4 Å². The van der Waals surface area contributed by atoms with Crippen molar-refractivity contribution in [2.45, 2.75) is 31.8 Å². The average Bonchev–Trinajstić information content (AvgIpc) is 3.35. The number of aryl methyl sites for hydroxylation is 1. The van der Waals surface area contributed by atoms with Crippen LogP contribution in [0.5, 0.6) is 0 Å². The molecule has 5 rings (SSSR count). The van der Waals surface area contributed by atoms with Gasteiger partial charge in [-0.05, 0) is 37.0 Å². The van der Waals surface area contributed by atoms with Crippen LogP contribution >= 0.6 is 0 Å². The maximum Gasteiger partial charge on any atom is 0.250 e. The van der Waals surface area contributed by atoms with E-state index in [1.165, 1.54) is 4.90 Å². The molecule has 3 amide bonds. The van der Waals surface area contributed by atoms with Crippen molar-refractivity contribution < 1.29 is 19.1 Å². The van der Waals surface area contributed by atoms with Crippen molar-refractivity contribution in [1.29, 1.82) is 0 Å². The minimum Gasteiger partial charge on any atom is -0.383 e. The summed E-state index contributed by atoms with van der Waals surface area (Å²) in [5.74, 6) is -2.20. The van der Waals surface area contributed by atoms with Crippen LogP contribution in [0.1, 0.15) is 22.3 Å². The molecule has 7 nitrogen and oxygen atoms in total. The number of carbonyl (C=O) groups is 3. The number of likely N-dealkylation sites (tertiary alicyclic amines) is 1. The first-order chi connectivity index (χ1) is 15.4. The molecule has 2 saturated heterocycles. The van der Waals surface area contributed by atoms with Gasteiger partial charge in [0, 0.05) is 24.4 Å². The molecule has 7 heteroatoms. The molecule has 2 aromatic carbocycles. The maximum absolute atomic E-state index is 13.6. The van der Waals surface area contributed by atoms with Crippen LogP contribution in [-0.2, 0) is 31.1 Å². The molecule has 2 fully saturated rings. The summed E-state index contributed by atoms with van der Waals surface area (Å²) in [5.41, 5.74) is 3.34. The van der Waals surface area contributed by atoms with Gasteiger partial charge in [0.2, 0.25) is 17.7 Å². The Bertz CT molecular complexity index is 1120. The molecule has 2 unspecified atom stereocenters. The smallest absolute Gasteiger partial charge is 0.250 e. The zero-order valence-electron chi connectivity index (χ0n) is 18.5. The fourth-order valence-electron chi connectivity index (χ4n) is 5.62. The number of hydrogen-bond acceptors (Lipinski definition) is 5. The highest BCUT2D eigenvalue weighted by atomic mass is 16.5. The van der Waals surface area contributed by atoms with Crippen LogP contribution < -0.4 is 10.6 Å². The van der Waals surface area contributed by atoms with Gasteiger partial charge in [-0.1, -0.05) is 42.5 Å². The Morgan fingerprint density at radius 2 is 1.78 bits per heavy atom. The van der Waals surface area contributed by atoms with E-state index in [9.17, 15) is 14.4 Å². The standard InChI is InChI=1S/C25H27N3O4/c1-14-9-10-17-21(15(14)2)26-24(31)25(17)20-19(22(29)28(23(20)30)11-12-32-3)18(27-25)13-16-7-5-4-6-8-16/h4-10,18-20,27H,11-13H2,1-3H3,(H,26,31)/t18?,19-,20+,25?/m1/s1. The summed E-state index contributed by atoms with van der Waals surface area (Å²) in [6.07, 6.45) is 0.550. The second-order valence-corrected chi connectivity index (χ2v) is 8.96. The number of nitrogens with one attached hydrogen (secondary N) is 2. The van der Waals surface area contributed by atoms with Gasteiger partial charge >= 0.3 is 0 Å². The van der Waals surface area contributed by atoms with E-state index in [4.69, 9.17) is 4.74 Å². The zero-order valence-corrected chi connectivity index (χ0v) is 18.5. The van der Waals surface area contributed by atoms with Crippen molar-refractivity contribution >= 4 is 23.4 Å². The Labute approximate surface area is 187 Å². The summed E-state index contributed by atoms with van der Waals surface area (Å²) < 4.78 is 5.13. The second-order valence-electron chi connectivity index (χ2n) is 8.96. The highest BCUT2D eigenvalue weighted by Crippen LogP contribution is 2.54. The number of imide groups is 1. The van der Waals surface area contributed by atoms with E-state index in [0.717, 1.165) is 27.9 Å². The van der Waals surface area contributed by atoms with Gasteiger partial charge in [-0.3, -0.25) is 24.6 Å². The number of nitrogens with zero attached hydrogens (tertiary/aromatic N) is 1. The summed E-state index contributed by atoms with van der Waals surface area (Å²) in [6.45, 7) is 4.42. The van der Waals surface area contributed by atoms with Crippen LogP contribution in [0, 0.1) is 25.7 Å². The van der Waals surface area contributed by atoms with E-state index >= 15 is 0 Å². The summed E-state index contributed by atoms with van der Waals surface area (Å²) in [4.78, 5) is 41.9. The van der Waals surface area contributed by atoms with Crippen LogP contribution in [0.3, 0.4) is 0 Å². The van der Waals surface area contributed by atoms with Crippen LogP contribution in [0.4, 0.5) is 5.69 Å². The molecular formula is C25H27N3O4. The van der Waals surface area contributed by atoms with E-state index in [-0.39, 0.29) is 36.9 Å². The number of amides is 3. The predicted molar refractivity (Wildman–Crippen MR) is 119 cm³/mol. The number of carbonyl (C=O) groups excluding carboxylic acids is 3. The number of methoxy groups -OCH3 is 1. The molecule has 1 spiro atoms. The summed E-state index contributed by atoms with van der Waals surface area (Å²) >= 11 is 0. The van der Waals surface area contributed by atoms with Crippen molar-refractivity contribution in [1.82, 2.24) is 10.2 Å². The first kappa shape index (κ1) is 20.8. The molecule has 3 aliphatic rings. The number of anilines is 1. The molecule has 4 atom stereocenters. The molecule has 0 aliphatic carbocycles. The first-order valence-corrected chi connectivity index (χ1v) is 11.0. The SMILES string of the molecule is COCCN1C(=O)[C@@H]2C(Cc3ccccc3)NC3(C(=O)Nc4c3ccc(C)c4C)[C@@H]2C1=O. The first-order valence-electron chi connectivity index (χ1n) is 11.0. The molecule has 2 N–H and O–H groups in total. The third-order valence-electron chi connectivity index (χ3n) is 7.33. The fourth-order valence-corrected chi connectivity index (χ4v) is 5.62. The molecule has 2 aromatic rings. The Morgan fingerprint density at radius 3 is 2.50 bits per heavy atom. The number of ether oxygens (including phenoxy) is 1. The Kier molecular flexibility index (Phi) is 4.91. The number of hydrogen-bond donors (Lipinski definition) is 2. The Balaban J connectivity index is 1.63. The van der Waals surface area contributed by atoms with Gasteiger partial charge in [0.1, 0.15) is 5.54 Å². The topological polar surface area (TPSA) is 87.7 Å². The van der Waals surface area contributed by atoms with E-state index in [0.29, 0.717) is 6.42 Å². The lowest BCUT2D eigenvalue weighted by Gasteiger charge is -2.29. The molecule has 0 radical (unpaired) electrons. The molecular weight excluding hydrogens is 406 g/mol. The summed E-state index contributed by atoms with van der Waals surface area (Å²) in [6, 6.07) is 13.4. The van der Waals surface area contributed by atoms with Crippen LogP contribution in [-0.4, -0.2) is 48.9 Å². The highest BCUT2D eigenvalue weighted by Gasteiger charge is 2.70. The third-order valence-corrected chi connectivity index (χ3v) is 7.33. The largest absolute Gasteiger partial charge is 0.383 e. The molecule has 32 heavy (non-hydrogen) atoms. The van der Waals surface area contributed by atoms with E-state index in [1.807, 2.05) is 56.3 Å². The minimum absolute atomic E-state index is 0.191. The van der Waals surface area contributed by atoms with Gasteiger partial charge in [0.25, 0.3) is 0 Å². The lowest BCUT2D eigenvalue weighted by molar-refractivity contribution is -0.143. The number of rotatable bonds is 5. The monoisotopic (exact) mass is 433 g/mol. The normalized spacial score (nSPS) is 28.4. The van der Waals surface area contributed by atoms with Crippen LogP contribution in [0.15, 0.2) is 42.5 Å². The lowest BCUT2D eigenvalue weighted by Crippen LogP contribution is -2.53. The van der Waals surface area contributed by atoms with Crippen molar-refractivity contribution in [2.75, 3.05) is 25.6 Å². The Morgan fingerprint density at radius 1 is 1.03 bits per heavy atom. The predicted octanol–water partition coefficient (Wildman–Crippen LogP) is 1.91. The van der Waals surface area contributed by atoms with Gasteiger partial charge in [0.15, 0.2) is 0 Å². The van der Waals surface area contributed by atoms with E-state index in [2.05, 4.69) is 10.6 Å². The number of benzene rings is 2. The zero-order chi connectivity index (χ0) is 22.6. The average molecular weight is 434 g/mol. The minimum atomic E-state index is -1.26. The van der Waals surface area contributed by atoms with Gasteiger partial charge in [-0.25, -0.2) is 0 Å². The highest BCUT2D eigenvalue weighted by molar-refractivity contribution is 6.15. The van der Waals surface area contributed by atoms with E-state index in [1.54, 1.807) is 7.11 Å². The van der Waals surface area contributed by atoms with Crippen molar-refractivity contribution in [2.24, 2.45) is 11.8 Å². The molecule has 0 bridgehead atoms. The fraction of sp³-hybridized carbons (Fsp3) is 0.400. The molecule has 166 valence electrons. The molecule has 3 heterocycles. The molecule has 0 aromatic heterocycles. The number of fused-ring (bicyclic) bond motifs is 4. The van der Waals surface area contributed by atoms with Crippen LogP contribution in [0.2, 0.25) is 0 Å². The van der Waals surface area contributed by atoms with Gasteiger partial charge < -0.3 is 10.1 Å². The van der Waals surface area contributed by atoms with Gasteiger partial charge in [0.05, 0.1) is 25.0 Å². The molecule has 0 saturated carbocycles. The maximum atomic E-state index is 13.6. The lowest BCUT2D eigenvalue weighted by atomic mass is 9.75. The summed E-state index contributed by atoms with van der Waals surface area (Å²) in [5, 5.41) is 6.52. The van der Waals surface area contributed by atoms with Gasteiger partial charge in [-0.2, -0.15) is 0 Å². The van der Waals surface area contributed by atoms with Crippen molar-refractivity contribution in [3.05, 3.63) is 64.7 Å².